The fourth-order valence-corrected chi connectivity index (χ4v) is 1.79. The second-order valence-electron chi connectivity index (χ2n) is 5.64. The van der Waals surface area contributed by atoms with E-state index in [0.29, 0.717) is 5.92 Å². The molecule has 0 aromatic carbocycles. The van der Waals surface area contributed by atoms with Crippen LogP contribution in [0.4, 0.5) is 0 Å². The first-order valence-electron chi connectivity index (χ1n) is 6.09. The summed E-state index contributed by atoms with van der Waals surface area (Å²) in [6.45, 7) is 19.3. The molecule has 0 bridgehead atoms. The van der Waals surface area contributed by atoms with Crippen molar-refractivity contribution in [2.24, 2.45) is 23.2 Å². The van der Waals surface area contributed by atoms with Crippen LogP contribution in [0.15, 0.2) is 25.3 Å². The van der Waals surface area contributed by atoms with E-state index in [1.54, 1.807) is 0 Å². The van der Waals surface area contributed by atoms with Crippen LogP contribution in [0.5, 0.6) is 0 Å². The average Bonchev–Trinajstić information content (AvgIpc) is 2.17. The minimum Gasteiger partial charge on any atom is -0.103 e. The lowest BCUT2D eigenvalue weighted by Gasteiger charge is -2.32. The van der Waals surface area contributed by atoms with E-state index < -0.39 is 0 Å². The first-order valence-corrected chi connectivity index (χ1v) is 6.09. The molecule has 0 nitrogen and oxygen atoms in total. The Morgan fingerprint density at radius 1 is 1.07 bits per heavy atom. The quantitative estimate of drug-likeness (QED) is 0.512. The van der Waals surface area contributed by atoms with E-state index in [2.05, 4.69) is 53.9 Å². The van der Waals surface area contributed by atoms with Gasteiger partial charge in [-0.15, -0.1) is 13.2 Å². The minimum atomic E-state index is 0.252. The van der Waals surface area contributed by atoms with Gasteiger partial charge in [-0.2, -0.15) is 0 Å². The zero-order valence-electron chi connectivity index (χ0n) is 11.2. The molecule has 0 saturated carbocycles. The van der Waals surface area contributed by atoms with E-state index >= 15 is 0 Å². The fraction of sp³-hybridized carbons (Fsp3) is 0.733. The summed E-state index contributed by atoms with van der Waals surface area (Å²) in [6, 6.07) is 0. The van der Waals surface area contributed by atoms with Crippen LogP contribution in [0.2, 0.25) is 0 Å². The van der Waals surface area contributed by atoms with Gasteiger partial charge in [0.25, 0.3) is 0 Å². The van der Waals surface area contributed by atoms with Crippen LogP contribution in [-0.4, -0.2) is 0 Å². The van der Waals surface area contributed by atoms with E-state index in [0.717, 1.165) is 18.3 Å². The molecule has 0 radical (unpaired) electrons. The second-order valence-corrected chi connectivity index (χ2v) is 5.64. The van der Waals surface area contributed by atoms with Gasteiger partial charge in [0.05, 0.1) is 0 Å². The maximum atomic E-state index is 3.93. The summed E-state index contributed by atoms with van der Waals surface area (Å²) in [5.41, 5.74) is 0.252. The van der Waals surface area contributed by atoms with Crippen molar-refractivity contribution in [1.82, 2.24) is 0 Å². The maximum absolute atomic E-state index is 3.93. The van der Waals surface area contributed by atoms with Crippen molar-refractivity contribution in [2.75, 3.05) is 0 Å². The van der Waals surface area contributed by atoms with Crippen molar-refractivity contribution in [3.8, 4) is 0 Å². The average molecular weight is 208 g/mol. The third kappa shape index (κ3) is 4.68. The zero-order chi connectivity index (χ0) is 12.1. The van der Waals surface area contributed by atoms with Crippen molar-refractivity contribution in [3.63, 3.8) is 0 Å². The lowest BCUT2D eigenvalue weighted by molar-refractivity contribution is 0.222. The maximum Gasteiger partial charge on any atom is -0.0152 e. The molecule has 0 spiro atoms. The van der Waals surface area contributed by atoms with Gasteiger partial charge in [-0.3, -0.25) is 0 Å². The zero-order valence-corrected chi connectivity index (χ0v) is 11.2. The van der Waals surface area contributed by atoms with Gasteiger partial charge in [-0.25, -0.2) is 0 Å². The molecule has 0 heteroatoms. The molecule has 0 aromatic heterocycles. The van der Waals surface area contributed by atoms with E-state index in [9.17, 15) is 0 Å². The highest BCUT2D eigenvalue weighted by atomic mass is 14.3. The third-order valence-electron chi connectivity index (χ3n) is 4.03. The molecular weight excluding hydrogens is 180 g/mol. The minimum absolute atomic E-state index is 0.252. The third-order valence-corrected chi connectivity index (χ3v) is 4.03. The van der Waals surface area contributed by atoms with Crippen molar-refractivity contribution < 1.29 is 0 Å². The van der Waals surface area contributed by atoms with Crippen molar-refractivity contribution >= 4 is 0 Å². The summed E-state index contributed by atoms with van der Waals surface area (Å²) in [4.78, 5) is 0. The Morgan fingerprint density at radius 3 is 2.00 bits per heavy atom. The summed E-state index contributed by atoms with van der Waals surface area (Å²) < 4.78 is 0. The Labute approximate surface area is 96.5 Å². The van der Waals surface area contributed by atoms with Crippen LogP contribution in [0.25, 0.3) is 0 Å². The lowest BCUT2D eigenvalue weighted by atomic mass is 9.73. The predicted octanol–water partition coefficient (Wildman–Crippen LogP) is 5.07. The number of hydrogen-bond acceptors (Lipinski definition) is 0. The van der Waals surface area contributed by atoms with Gasteiger partial charge < -0.3 is 0 Å². The Kier molecular flexibility index (Phi) is 5.93. The summed E-state index contributed by atoms with van der Waals surface area (Å²) >= 11 is 0. The number of hydrogen-bond donors (Lipinski definition) is 0. The van der Waals surface area contributed by atoms with E-state index in [4.69, 9.17) is 0 Å². The molecular formula is C15H28. The molecule has 88 valence electrons. The van der Waals surface area contributed by atoms with Crippen molar-refractivity contribution in [3.05, 3.63) is 25.3 Å². The molecule has 15 heavy (non-hydrogen) atoms. The molecule has 3 atom stereocenters. The van der Waals surface area contributed by atoms with Gasteiger partial charge in [0.1, 0.15) is 0 Å². The fourth-order valence-electron chi connectivity index (χ4n) is 1.79. The summed E-state index contributed by atoms with van der Waals surface area (Å²) in [5.74, 6) is 2.19. The van der Waals surface area contributed by atoms with Crippen LogP contribution < -0.4 is 0 Å². The molecule has 0 aliphatic rings. The first-order chi connectivity index (χ1) is 6.85. The van der Waals surface area contributed by atoms with E-state index in [1.165, 1.54) is 6.42 Å². The predicted molar refractivity (Wildman–Crippen MR) is 70.9 cm³/mol. The molecule has 0 aliphatic heterocycles. The highest BCUT2D eigenvalue weighted by Crippen LogP contribution is 2.34. The summed E-state index contributed by atoms with van der Waals surface area (Å²) in [6.07, 6.45) is 6.52. The normalized spacial score (nSPS) is 17.9. The van der Waals surface area contributed by atoms with Gasteiger partial charge in [-0.05, 0) is 36.0 Å². The molecule has 0 heterocycles. The van der Waals surface area contributed by atoms with Crippen LogP contribution in [0, 0.1) is 23.2 Å². The monoisotopic (exact) mass is 208 g/mol. The summed E-state index contributed by atoms with van der Waals surface area (Å²) in [7, 11) is 0. The number of rotatable bonds is 7. The van der Waals surface area contributed by atoms with Crippen LogP contribution in [-0.2, 0) is 0 Å². The Morgan fingerprint density at radius 2 is 1.60 bits per heavy atom. The molecule has 0 amide bonds. The van der Waals surface area contributed by atoms with Gasteiger partial charge in [0.15, 0.2) is 0 Å². The van der Waals surface area contributed by atoms with Gasteiger partial charge in [-0.1, -0.05) is 46.8 Å². The Hall–Kier alpha value is -0.520. The van der Waals surface area contributed by atoms with Gasteiger partial charge in [0.2, 0.25) is 0 Å². The molecule has 0 aromatic rings. The molecule has 0 fully saturated rings. The van der Waals surface area contributed by atoms with Crippen molar-refractivity contribution in [2.45, 2.75) is 47.5 Å². The highest BCUT2D eigenvalue weighted by molar-refractivity contribution is 4.92. The standard InChI is InChI=1S/C15H28/c1-8-10-12(3)13(4)11-14(5)15(6,7)9-2/h8-9,12-14H,1-2,10-11H2,3-7H3. The molecule has 0 N–H and O–H groups in total. The van der Waals surface area contributed by atoms with Crippen LogP contribution in [0.1, 0.15) is 47.5 Å². The topological polar surface area (TPSA) is 0 Å². The molecule has 0 aliphatic carbocycles. The van der Waals surface area contributed by atoms with Crippen LogP contribution >= 0.6 is 0 Å². The lowest BCUT2D eigenvalue weighted by Crippen LogP contribution is -2.22. The SMILES string of the molecule is C=CCC(C)C(C)CC(C)C(C)(C)C=C. The molecule has 0 rings (SSSR count). The Balaban J connectivity index is 4.22. The summed E-state index contributed by atoms with van der Waals surface area (Å²) in [5, 5.41) is 0. The van der Waals surface area contributed by atoms with Crippen LogP contribution in [0.3, 0.4) is 0 Å². The second kappa shape index (κ2) is 6.15. The first kappa shape index (κ1) is 14.5. The molecule has 0 saturated heterocycles. The van der Waals surface area contributed by atoms with Gasteiger partial charge >= 0.3 is 0 Å². The number of allylic oxidation sites excluding steroid dienone is 2. The van der Waals surface area contributed by atoms with Gasteiger partial charge in [0, 0.05) is 0 Å². The highest BCUT2D eigenvalue weighted by Gasteiger charge is 2.25. The molecule has 3 unspecified atom stereocenters. The van der Waals surface area contributed by atoms with E-state index in [-0.39, 0.29) is 5.41 Å². The smallest absolute Gasteiger partial charge is 0.0152 e. The van der Waals surface area contributed by atoms with Crippen molar-refractivity contribution in [1.29, 1.82) is 0 Å². The largest absolute Gasteiger partial charge is 0.103 e. The Bertz CT molecular complexity index is 200. The van der Waals surface area contributed by atoms with E-state index in [1.807, 2.05) is 6.08 Å².